The first-order valence-corrected chi connectivity index (χ1v) is 12.9. The van der Waals surface area contributed by atoms with Crippen LogP contribution in [0.5, 0.6) is 0 Å². The molecule has 0 N–H and O–H groups in total. The number of nitrogens with zero attached hydrogens (tertiary/aromatic N) is 2. The highest BCUT2D eigenvalue weighted by molar-refractivity contribution is 5.67. The highest BCUT2D eigenvalue weighted by Crippen LogP contribution is 2.63. The number of fused-ring (bicyclic) bond motifs is 6. The van der Waals surface area contributed by atoms with Gasteiger partial charge >= 0.3 is 0 Å². The number of benzene rings is 3. The fourth-order valence-electron chi connectivity index (χ4n) is 6.66. The Morgan fingerprint density at radius 1 is 0.824 bits per heavy atom. The molecule has 1 aliphatic carbocycles. The molecule has 1 saturated heterocycles. The van der Waals surface area contributed by atoms with Crippen molar-refractivity contribution in [2.45, 2.75) is 70.6 Å². The molecule has 174 valence electrons. The predicted molar refractivity (Wildman–Crippen MR) is 143 cm³/mol. The molecule has 2 fully saturated rings. The lowest BCUT2D eigenvalue weighted by atomic mass is 9.90. The van der Waals surface area contributed by atoms with Crippen LogP contribution in [0.4, 0.5) is 5.69 Å². The van der Waals surface area contributed by atoms with Gasteiger partial charge in [0.2, 0.25) is 0 Å². The summed E-state index contributed by atoms with van der Waals surface area (Å²) >= 11 is 0. The van der Waals surface area contributed by atoms with E-state index in [2.05, 4.69) is 118 Å². The molecule has 0 radical (unpaired) electrons. The molecule has 6 rings (SSSR count). The third-order valence-electron chi connectivity index (χ3n) is 8.28. The van der Waals surface area contributed by atoms with Crippen molar-refractivity contribution in [3.8, 4) is 0 Å². The van der Waals surface area contributed by atoms with Crippen LogP contribution < -0.4 is 4.90 Å². The minimum Gasteiger partial charge on any atom is -0.349 e. The summed E-state index contributed by atoms with van der Waals surface area (Å²) in [6.45, 7) is 17.1. The molecule has 2 heterocycles. The van der Waals surface area contributed by atoms with Crippen molar-refractivity contribution in [1.82, 2.24) is 4.90 Å². The molecule has 3 unspecified atom stereocenters. The van der Waals surface area contributed by atoms with E-state index in [1.54, 1.807) is 0 Å². The Balaban J connectivity index is 1.59. The Hall–Kier alpha value is -2.84. The molecule has 1 saturated carbocycles. The molecule has 0 spiro atoms. The van der Waals surface area contributed by atoms with Gasteiger partial charge in [-0.15, -0.1) is 0 Å². The molecule has 3 aromatic rings. The molecule has 3 aromatic carbocycles. The molecular formula is C32H36N2. The van der Waals surface area contributed by atoms with Crippen LogP contribution >= 0.6 is 0 Å². The van der Waals surface area contributed by atoms with Gasteiger partial charge in [0.25, 0.3) is 0 Å². The number of hydrogen-bond donors (Lipinski definition) is 0. The topological polar surface area (TPSA) is 6.48 Å². The minimum absolute atomic E-state index is 0.236. The van der Waals surface area contributed by atoms with E-state index in [0.717, 1.165) is 6.54 Å². The van der Waals surface area contributed by atoms with Crippen LogP contribution in [0.1, 0.15) is 91.0 Å². The lowest BCUT2D eigenvalue weighted by Gasteiger charge is -2.39. The fraction of sp³-hybridized carbons (Fsp3) is 0.375. The van der Waals surface area contributed by atoms with E-state index in [1.807, 2.05) is 0 Å². The van der Waals surface area contributed by atoms with Crippen LogP contribution in [0, 0.1) is 6.92 Å². The smallest absolute Gasteiger partial charge is 0.110 e. The second kappa shape index (κ2) is 7.85. The summed E-state index contributed by atoms with van der Waals surface area (Å²) in [4.78, 5) is 5.55. The number of para-hydroxylation sites is 1. The van der Waals surface area contributed by atoms with Gasteiger partial charge in [-0.3, -0.25) is 4.90 Å². The monoisotopic (exact) mass is 448 g/mol. The molecule has 2 heteroatoms. The molecule has 0 bridgehead atoms. The molecule has 0 aromatic heterocycles. The van der Waals surface area contributed by atoms with Gasteiger partial charge in [0.05, 0.1) is 6.04 Å². The number of aryl methyl sites for hydroxylation is 1. The van der Waals surface area contributed by atoms with E-state index in [9.17, 15) is 0 Å². The standard InChI is InChI=1S/C32H36N2/c1-19(2)24-15-10-16-25(20(3)4)31(24)33-18-28(23-12-9-11-21(5)17-23)34-30-22(6)29(30)26-13-7-8-14-27(26)32(33)34/h7-17,19-20,28-30,32H,6,18H2,1-5H3/t28?,29?,30-,32?/m0/s1. The fourth-order valence-corrected chi connectivity index (χ4v) is 6.66. The van der Waals surface area contributed by atoms with Crippen molar-refractivity contribution in [3.05, 3.63) is 112 Å². The first-order chi connectivity index (χ1) is 16.4. The van der Waals surface area contributed by atoms with E-state index in [-0.39, 0.29) is 6.17 Å². The highest BCUT2D eigenvalue weighted by atomic mass is 15.5. The van der Waals surface area contributed by atoms with Gasteiger partial charge in [0.1, 0.15) is 6.17 Å². The van der Waals surface area contributed by atoms with Crippen molar-refractivity contribution in [2.75, 3.05) is 11.4 Å². The van der Waals surface area contributed by atoms with Crippen molar-refractivity contribution >= 4 is 5.69 Å². The van der Waals surface area contributed by atoms with Gasteiger partial charge in [-0.25, -0.2) is 0 Å². The summed E-state index contributed by atoms with van der Waals surface area (Å²) < 4.78 is 0. The Kier molecular flexibility index (Phi) is 5.00. The van der Waals surface area contributed by atoms with Crippen LogP contribution in [0.15, 0.2) is 78.9 Å². The van der Waals surface area contributed by atoms with Crippen molar-refractivity contribution in [1.29, 1.82) is 0 Å². The van der Waals surface area contributed by atoms with Crippen LogP contribution in [0.25, 0.3) is 0 Å². The molecule has 4 atom stereocenters. The maximum absolute atomic E-state index is 4.55. The molecule has 3 aliphatic rings. The zero-order valence-electron chi connectivity index (χ0n) is 21.1. The van der Waals surface area contributed by atoms with Gasteiger partial charge in [-0.2, -0.15) is 0 Å². The van der Waals surface area contributed by atoms with Crippen LogP contribution in [0.3, 0.4) is 0 Å². The highest BCUT2D eigenvalue weighted by Gasteiger charge is 2.60. The predicted octanol–water partition coefficient (Wildman–Crippen LogP) is 7.84. The Bertz CT molecular complexity index is 1240. The Labute approximate surface area is 204 Å². The number of rotatable bonds is 4. The van der Waals surface area contributed by atoms with Gasteiger partial charge in [-0.1, -0.05) is 107 Å². The first-order valence-electron chi connectivity index (χ1n) is 12.9. The molecule has 0 amide bonds. The van der Waals surface area contributed by atoms with Crippen LogP contribution in [0.2, 0.25) is 0 Å². The average Bonchev–Trinajstić information content (AvgIpc) is 3.33. The molecular weight excluding hydrogens is 412 g/mol. The summed E-state index contributed by atoms with van der Waals surface area (Å²) in [5, 5.41) is 0. The quantitative estimate of drug-likeness (QED) is 0.375. The van der Waals surface area contributed by atoms with Crippen LogP contribution in [-0.2, 0) is 0 Å². The zero-order valence-corrected chi connectivity index (χ0v) is 21.1. The second-order valence-corrected chi connectivity index (χ2v) is 11.1. The van der Waals surface area contributed by atoms with E-state index in [1.165, 1.54) is 44.6 Å². The Morgan fingerprint density at radius 2 is 1.47 bits per heavy atom. The summed E-state index contributed by atoms with van der Waals surface area (Å²) in [5.41, 5.74) is 11.5. The van der Waals surface area contributed by atoms with Crippen molar-refractivity contribution in [3.63, 3.8) is 0 Å². The van der Waals surface area contributed by atoms with Gasteiger partial charge in [0, 0.05) is 24.2 Å². The number of anilines is 1. The van der Waals surface area contributed by atoms with Gasteiger partial charge in [0.15, 0.2) is 0 Å². The summed E-state index contributed by atoms with van der Waals surface area (Å²) in [7, 11) is 0. The Morgan fingerprint density at radius 3 is 2.12 bits per heavy atom. The minimum atomic E-state index is 0.236. The normalized spacial score (nSPS) is 25.5. The second-order valence-electron chi connectivity index (χ2n) is 11.1. The summed E-state index contributed by atoms with van der Waals surface area (Å²) in [6.07, 6.45) is 0.236. The lowest BCUT2D eigenvalue weighted by molar-refractivity contribution is 0.178. The maximum atomic E-state index is 4.55. The third-order valence-corrected chi connectivity index (χ3v) is 8.28. The van der Waals surface area contributed by atoms with Crippen molar-refractivity contribution in [2.24, 2.45) is 0 Å². The van der Waals surface area contributed by atoms with Crippen LogP contribution in [-0.4, -0.2) is 17.5 Å². The van der Waals surface area contributed by atoms with E-state index in [0.29, 0.717) is 29.8 Å². The zero-order chi connectivity index (χ0) is 23.7. The largest absolute Gasteiger partial charge is 0.349 e. The van der Waals surface area contributed by atoms with Gasteiger partial charge in [-0.05, 0) is 52.1 Å². The lowest BCUT2D eigenvalue weighted by Crippen LogP contribution is -2.37. The van der Waals surface area contributed by atoms with E-state index in [4.69, 9.17) is 0 Å². The van der Waals surface area contributed by atoms with E-state index < -0.39 is 0 Å². The summed E-state index contributed by atoms with van der Waals surface area (Å²) in [6, 6.07) is 26.0. The van der Waals surface area contributed by atoms with Gasteiger partial charge < -0.3 is 4.90 Å². The molecule has 2 nitrogen and oxygen atoms in total. The van der Waals surface area contributed by atoms with E-state index >= 15 is 0 Å². The summed E-state index contributed by atoms with van der Waals surface area (Å²) in [5.74, 6) is 1.43. The number of hydrogen-bond acceptors (Lipinski definition) is 2. The maximum Gasteiger partial charge on any atom is 0.110 e. The van der Waals surface area contributed by atoms with Crippen molar-refractivity contribution < 1.29 is 0 Å². The molecule has 34 heavy (non-hydrogen) atoms. The third kappa shape index (κ3) is 3.11. The average molecular weight is 449 g/mol. The SMILES string of the molecule is C=C1C2c3ccccc3C3N(c4c(C(C)C)cccc4C(C)C)CC(c4cccc(C)c4)N3[C@@H]12. The molecule has 2 aliphatic heterocycles. The first kappa shape index (κ1) is 21.7.